The Bertz CT molecular complexity index is 1090. The Hall–Kier alpha value is -3.75. The molecule has 0 aliphatic heterocycles. The third-order valence-electron chi connectivity index (χ3n) is 4.64. The molecule has 0 atom stereocenters. The van der Waals surface area contributed by atoms with Gasteiger partial charge in [-0.25, -0.2) is 9.48 Å². The predicted octanol–water partition coefficient (Wildman–Crippen LogP) is 1.70. The third-order valence-corrected chi connectivity index (χ3v) is 4.64. The van der Waals surface area contributed by atoms with Gasteiger partial charge in [-0.2, -0.15) is 0 Å². The highest BCUT2D eigenvalue weighted by Crippen LogP contribution is 2.27. The minimum Gasteiger partial charge on any atom is -0.497 e. The molecule has 30 heavy (non-hydrogen) atoms. The molecule has 0 bridgehead atoms. The second-order valence-electron chi connectivity index (χ2n) is 6.44. The average molecular weight is 412 g/mol. The molecule has 0 unspecified atom stereocenters. The molecular weight excluding hydrogens is 388 g/mol. The minimum absolute atomic E-state index is 0.238. The van der Waals surface area contributed by atoms with Crippen LogP contribution in [0.4, 0.5) is 0 Å². The molecule has 3 rings (SSSR count). The highest BCUT2D eigenvalue weighted by molar-refractivity contribution is 5.94. The molecule has 0 radical (unpaired) electrons. The van der Waals surface area contributed by atoms with Crippen molar-refractivity contribution in [1.29, 1.82) is 0 Å². The van der Waals surface area contributed by atoms with Crippen molar-refractivity contribution in [2.45, 2.75) is 6.54 Å². The summed E-state index contributed by atoms with van der Waals surface area (Å²) in [6, 6.07) is 12.2. The Kier molecular flexibility index (Phi) is 6.41. The number of nitrogens with zero attached hydrogens (tertiary/aromatic N) is 3. The number of methoxy groups -OCH3 is 3. The first-order chi connectivity index (χ1) is 14.5. The number of amides is 1. The van der Waals surface area contributed by atoms with Crippen LogP contribution in [-0.4, -0.2) is 48.1 Å². The van der Waals surface area contributed by atoms with Crippen LogP contribution in [0.25, 0.3) is 11.4 Å². The number of carbonyl (C=O) groups is 1. The Morgan fingerprint density at radius 2 is 1.70 bits per heavy atom. The summed E-state index contributed by atoms with van der Waals surface area (Å²) in [5, 5.41) is 7.18. The average Bonchev–Trinajstić information content (AvgIpc) is 3.07. The smallest absolute Gasteiger partial charge is 0.345 e. The Morgan fingerprint density at radius 1 is 1.00 bits per heavy atom. The monoisotopic (exact) mass is 412 g/mol. The molecule has 1 N–H and O–H groups in total. The van der Waals surface area contributed by atoms with Gasteiger partial charge in [0.2, 0.25) is 0 Å². The number of aromatic nitrogens is 3. The summed E-state index contributed by atoms with van der Waals surface area (Å²) < 4.78 is 18.3. The summed E-state index contributed by atoms with van der Waals surface area (Å²) in [5.74, 6) is 1.99. The maximum absolute atomic E-state index is 12.5. The molecule has 9 nitrogen and oxygen atoms in total. The van der Waals surface area contributed by atoms with E-state index in [2.05, 4.69) is 10.4 Å². The van der Waals surface area contributed by atoms with Crippen molar-refractivity contribution in [2.75, 3.05) is 27.9 Å². The van der Waals surface area contributed by atoms with E-state index in [0.717, 1.165) is 11.3 Å². The number of hydrogen-bond acceptors (Lipinski definition) is 6. The largest absolute Gasteiger partial charge is 0.497 e. The summed E-state index contributed by atoms with van der Waals surface area (Å²) in [5.41, 5.74) is 0.963. The molecule has 158 valence electrons. The summed E-state index contributed by atoms with van der Waals surface area (Å²) in [7, 11) is 6.29. The van der Waals surface area contributed by atoms with Gasteiger partial charge in [-0.15, -0.1) is 5.10 Å². The van der Waals surface area contributed by atoms with Gasteiger partial charge in [0, 0.05) is 24.7 Å². The van der Waals surface area contributed by atoms with Crippen LogP contribution in [-0.2, 0) is 13.6 Å². The summed E-state index contributed by atoms with van der Waals surface area (Å²) in [6.07, 6.45) is 0. The predicted molar refractivity (Wildman–Crippen MR) is 111 cm³/mol. The van der Waals surface area contributed by atoms with Gasteiger partial charge in [0.1, 0.15) is 5.75 Å². The van der Waals surface area contributed by atoms with Gasteiger partial charge in [0.25, 0.3) is 5.91 Å². The molecule has 2 aromatic carbocycles. The zero-order valence-corrected chi connectivity index (χ0v) is 17.3. The molecule has 1 heterocycles. The molecule has 0 saturated heterocycles. The first-order valence-electron chi connectivity index (χ1n) is 9.27. The van der Waals surface area contributed by atoms with Crippen molar-refractivity contribution in [2.24, 2.45) is 7.05 Å². The molecule has 0 saturated carbocycles. The van der Waals surface area contributed by atoms with E-state index in [4.69, 9.17) is 14.2 Å². The Balaban J connectivity index is 1.67. The first kappa shape index (κ1) is 21.0. The van der Waals surface area contributed by atoms with Crippen LogP contribution in [0, 0.1) is 0 Å². The fourth-order valence-corrected chi connectivity index (χ4v) is 2.98. The Labute approximate surface area is 173 Å². The van der Waals surface area contributed by atoms with E-state index < -0.39 is 0 Å². The van der Waals surface area contributed by atoms with Gasteiger partial charge >= 0.3 is 5.69 Å². The van der Waals surface area contributed by atoms with Crippen LogP contribution in [0.15, 0.2) is 47.3 Å². The van der Waals surface area contributed by atoms with Gasteiger partial charge < -0.3 is 19.5 Å². The van der Waals surface area contributed by atoms with Crippen LogP contribution in [0.3, 0.4) is 0 Å². The maximum Gasteiger partial charge on any atom is 0.345 e. The van der Waals surface area contributed by atoms with Gasteiger partial charge in [0.15, 0.2) is 17.3 Å². The molecular formula is C21H24N4O5. The maximum atomic E-state index is 12.5. The quantitative estimate of drug-likeness (QED) is 0.605. The van der Waals surface area contributed by atoms with Crippen LogP contribution in [0.1, 0.15) is 10.4 Å². The summed E-state index contributed by atoms with van der Waals surface area (Å²) in [4.78, 5) is 24.9. The van der Waals surface area contributed by atoms with Gasteiger partial charge in [-0.05, 0) is 42.5 Å². The topological polar surface area (TPSA) is 96.6 Å². The normalized spacial score (nSPS) is 10.5. The molecule has 1 amide bonds. The Morgan fingerprint density at radius 3 is 2.33 bits per heavy atom. The summed E-state index contributed by atoms with van der Waals surface area (Å²) >= 11 is 0. The van der Waals surface area contributed by atoms with E-state index >= 15 is 0 Å². The van der Waals surface area contributed by atoms with Crippen molar-refractivity contribution in [1.82, 2.24) is 19.7 Å². The highest BCUT2D eigenvalue weighted by atomic mass is 16.5. The lowest BCUT2D eigenvalue weighted by Gasteiger charge is -2.10. The molecule has 1 aromatic heterocycles. The van der Waals surface area contributed by atoms with Crippen LogP contribution in [0.2, 0.25) is 0 Å². The van der Waals surface area contributed by atoms with Crippen LogP contribution >= 0.6 is 0 Å². The SMILES string of the molecule is COc1ccc(-c2nn(CCNC(=O)c3ccc(OC)c(OC)c3)c(=O)n2C)cc1. The fraction of sp³-hybridized carbons (Fsp3) is 0.286. The zero-order chi connectivity index (χ0) is 21.7. The second kappa shape index (κ2) is 9.17. The van der Waals surface area contributed by atoms with E-state index in [1.807, 2.05) is 24.3 Å². The van der Waals surface area contributed by atoms with Crippen LogP contribution < -0.4 is 25.2 Å². The summed E-state index contributed by atoms with van der Waals surface area (Å²) in [6.45, 7) is 0.480. The number of carbonyl (C=O) groups excluding carboxylic acids is 1. The van der Waals surface area contributed by atoms with E-state index in [0.29, 0.717) is 22.9 Å². The highest BCUT2D eigenvalue weighted by Gasteiger charge is 2.14. The molecule has 0 aliphatic rings. The third kappa shape index (κ3) is 4.29. The lowest BCUT2D eigenvalue weighted by atomic mass is 10.2. The first-order valence-corrected chi connectivity index (χ1v) is 9.27. The molecule has 9 heteroatoms. The second-order valence-corrected chi connectivity index (χ2v) is 6.44. The van der Waals surface area contributed by atoms with Gasteiger partial charge in [-0.1, -0.05) is 0 Å². The van der Waals surface area contributed by atoms with Crippen molar-refractivity contribution >= 4 is 5.91 Å². The molecule has 0 fully saturated rings. The molecule has 0 spiro atoms. The van der Waals surface area contributed by atoms with E-state index in [1.165, 1.54) is 23.5 Å². The number of hydrogen-bond donors (Lipinski definition) is 1. The van der Waals surface area contributed by atoms with Crippen molar-refractivity contribution in [3.63, 3.8) is 0 Å². The van der Waals surface area contributed by atoms with Gasteiger partial charge in [-0.3, -0.25) is 9.36 Å². The zero-order valence-electron chi connectivity index (χ0n) is 17.3. The molecule has 3 aromatic rings. The van der Waals surface area contributed by atoms with E-state index in [9.17, 15) is 9.59 Å². The van der Waals surface area contributed by atoms with Gasteiger partial charge in [0.05, 0.1) is 27.9 Å². The van der Waals surface area contributed by atoms with Crippen LogP contribution in [0.5, 0.6) is 17.2 Å². The van der Waals surface area contributed by atoms with Crippen molar-refractivity contribution in [3.05, 3.63) is 58.5 Å². The van der Waals surface area contributed by atoms with E-state index in [1.54, 1.807) is 32.4 Å². The minimum atomic E-state index is -0.282. The number of nitrogens with one attached hydrogen (secondary N) is 1. The van der Waals surface area contributed by atoms with Crippen molar-refractivity contribution in [3.8, 4) is 28.6 Å². The lowest BCUT2D eigenvalue weighted by molar-refractivity contribution is 0.0951. The lowest BCUT2D eigenvalue weighted by Crippen LogP contribution is -2.31. The standard InChI is InChI=1S/C21H24N4O5/c1-24-19(14-5-8-16(28-2)9-6-14)23-25(21(24)27)12-11-22-20(26)15-7-10-17(29-3)18(13-15)30-4/h5-10,13H,11-12H2,1-4H3,(H,22,26). The fourth-order valence-electron chi connectivity index (χ4n) is 2.98. The number of ether oxygens (including phenoxy) is 3. The molecule has 0 aliphatic carbocycles. The number of benzene rings is 2. The van der Waals surface area contributed by atoms with E-state index in [-0.39, 0.29) is 24.7 Å². The van der Waals surface area contributed by atoms with Crippen molar-refractivity contribution < 1.29 is 19.0 Å². The number of rotatable bonds is 8.